The lowest BCUT2D eigenvalue weighted by Crippen LogP contribution is -2.45. The molecule has 0 atom stereocenters. The summed E-state index contributed by atoms with van der Waals surface area (Å²) in [5.74, 6) is 0. The van der Waals surface area contributed by atoms with Gasteiger partial charge in [0.25, 0.3) is 0 Å². The quantitative estimate of drug-likeness (QED) is 0.144. The van der Waals surface area contributed by atoms with Crippen molar-refractivity contribution in [2.24, 2.45) is 0 Å². The molecule has 5 rings (SSSR count). The second-order valence-corrected chi connectivity index (χ2v) is 10.3. The lowest BCUT2D eigenvalue weighted by molar-refractivity contribution is -0.597. The van der Waals surface area contributed by atoms with E-state index in [1.807, 2.05) is 12.1 Å². The van der Waals surface area contributed by atoms with E-state index >= 15 is 0 Å². The molecule has 1 nitrogen and oxygen atoms in total. The molecular weight excluding hydrogens is 485 g/mol. The van der Waals surface area contributed by atoms with Gasteiger partial charge in [-0.1, -0.05) is 80.9 Å². The molecule has 0 N–H and O–H groups in total. The van der Waals surface area contributed by atoms with Crippen LogP contribution in [0.1, 0.15) is 37.6 Å². The molecule has 0 bridgehead atoms. The van der Waals surface area contributed by atoms with E-state index in [-0.39, 0.29) is 5.41 Å². The van der Waals surface area contributed by atoms with Gasteiger partial charge in [-0.15, -0.1) is 0 Å². The summed E-state index contributed by atoms with van der Waals surface area (Å²) in [6.45, 7) is 6.89. The van der Waals surface area contributed by atoms with Crippen molar-refractivity contribution in [1.29, 1.82) is 0 Å². The van der Waals surface area contributed by atoms with Crippen LogP contribution in [0.3, 0.4) is 0 Å². The molecule has 0 radical (unpaired) electrons. The second kappa shape index (κ2) is 10.1. The summed E-state index contributed by atoms with van der Waals surface area (Å²) in [7, 11) is -6.00. The van der Waals surface area contributed by atoms with Crippen LogP contribution in [-0.4, -0.2) is 7.25 Å². The molecule has 1 aliphatic carbocycles. The van der Waals surface area contributed by atoms with Crippen molar-refractivity contribution in [1.82, 2.24) is 0 Å². The molecule has 36 heavy (non-hydrogen) atoms. The smallest absolute Gasteiger partial charge is 0.418 e. The van der Waals surface area contributed by atoms with E-state index in [1.165, 1.54) is 39.2 Å². The highest BCUT2D eigenvalue weighted by Crippen LogP contribution is 2.40. The zero-order valence-corrected chi connectivity index (χ0v) is 21.2. The number of rotatable bonds is 2. The minimum atomic E-state index is -6.00. The third kappa shape index (κ3) is 5.81. The first-order valence-corrected chi connectivity index (χ1v) is 12.2. The van der Waals surface area contributed by atoms with Crippen molar-refractivity contribution in [3.8, 4) is 28.1 Å². The highest BCUT2D eigenvalue weighted by atomic mass is 35.5. The van der Waals surface area contributed by atoms with E-state index in [9.17, 15) is 17.3 Å². The van der Waals surface area contributed by atoms with Gasteiger partial charge >= 0.3 is 7.25 Å². The second-order valence-electron chi connectivity index (χ2n) is 9.85. The van der Waals surface area contributed by atoms with Crippen molar-refractivity contribution in [2.75, 3.05) is 0 Å². The van der Waals surface area contributed by atoms with E-state index in [0.29, 0.717) is 0 Å². The van der Waals surface area contributed by atoms with E-state index in [4.69, 9.17) is 11.6 Å². The molecule has 7 heteroatoms. The molecule has 0 spiro atoms. The molecule has 0 saturated carbocycles. The molecule has 0 unspecified atom stereocenters. The summed E-state index contributed by atoms with van der Waals surface area (Å²) in [5, 5.41) is 0.761. The third-order valence-corrected chi connectivity index (χ3v) is 6.46. The summed E-state index contributed by atoms with van der Waals surface area (Å²) in [4.78, 5) is 0. The summed E-state index contributed by atoms with van der Waals surface area (Å²) in [5.41, 5.74) is 10.5. The monoisotopic (exact) mass is 511 g/mol. The predicted molar refractivity (Wildman–Crippen MR) is 140 cm³/mol. The molecule has 3 aromatic carbocycles. The van der Waals surface area contributed by atoms with Crippen LogP contribution >= 0.6 is 11.6 Å². The van der Waals surface area contributed by atoms with Gasteiger partial charge in [0.1, 0.15) is 0 Å². The summed E-state index contributed by atoms with van der Waals surface area (Å²) >= 11 is 6.25. The van der Waals surface area contributed by atoms with Crippen LogP contribution < -0.4 is 4.57 Å². The number of aryl methyl sites for hydroxylation is 1. The largest absolute Gasteiger partial charge is 0.673 e. The predicted octanol–water partition coefficient (Wildman–Crippen LogP) is 8.65. The Kier molecular flexibility index (Phi) is 7.28. The first kappa shape index (κ1) is 26.0. The molecule has 1 heterocycles. The van der Waals surface area contributed by atoms with Gasteiger partial charge in [0, 0.05) is 34.2 Å². The number of aromatic nitrogens is 1. The van der Waals surface area contributed by atoms with Gasteiger partial charge in [-0.3, -0.25) is 0 Å². The number of fused-ring (bicyclic) bond motifs is 3. The van der Waals surface area contributed by atoms with Crippen LogP contribution in [0.4, 0.5) is 17.3 Å². The molecule has 0 amide bonds. The standard InChI is InChI=1S/C29H27ClN.BF4/c1-29(2,3)27-19-26(20-9-5-4-6-10-20)25-18-13-21-11-7-8-12-24(21)28(25)31(27)23-16-14-22(30)15-17-23;2-1(3,4)5/h4-12,14-17,19H,13,18H2,1-3H3;/q+1;-1. The Balaban J connectivity index is 0.000000556. The minimum Gasteiger partial charge on any atom is -0.418 e. The molecule has 0 fully saturated rings. The summed E-state index contributed by atoms with van der Waals surface area (Å²) in [6.07, 6.45) is 2.10. The maximum Gasteiger partial charge on any atom is 0.673 e. The van der Waals surface area contributed by atoms with Gasteiger partial charge in [-0.25, -0.2) is 0 Å². The van der Waals surface area contributed by atoms with Crippen LogP contribution in [0.2, 0.25) is 5.02 Å². The average Bonchev–Trinajstić information content (AvgIpc) is 2.82. The van der Waals surface area contributed by atoms with Gasteiger partial charge in [-0.2, -0.15) is 4.57 Å². The fourth-order valence-corrected chi connectivity index (χ4v) is 4.85. The highest BCUT2D eigenvalue weighted by molar-refractivity contribution is 6.50. The van der Waals surface area contributed by atoms with Gasteiger partial charge in [0.2, 0.25) is 11.4 Å². The fourth-order valence-electron chi connectivity index (χ4n) is 4.72. The van der Waals surface area contributed by atoms with Crippen molar-refractivity contribution >= 4 is 18.9 Å². The Morgan fingerprint density at radius 3 is 1.94 bits per heavy atom. The number of hydrogen-bond acceptors (Lipinski definition) is 0. The number of pyridine rings is 1. The van der Waals surface area contributed by atoms with Gasteiger partial charge < -0.3 is 17.3 Å². The minimum absolute atomic E-state index is 0.0371. The first-order chi connectivity index (χ1) is 16.9. The van der Waals surface area contributed by atoms with E-state index in [0.717, 1.165) is 23.6 Å². The Morgan fingerprint density at radius 2 is 1.33 bits per heavy atom. The third-order valence-electron chi connectivity index (χ3n) is 6.21. The zero-order chi connectivity index (χ0) is 26.1. The molecule has 1 aliphatic rings. The summed E-state index contributed by atoms with van der Waals surface area (Å²) < 4.78 is 41.5. The van der Waals surface area contributed by atoms with Crippen LogP contribution in [0.25, 0.3) is 28.1 Å². The van der Waals surface area contributed by atoms with Gasteiger partial charge in [0.15, 0.2) is 5.69 Å². The maximum absolute atomic E-state index is 9.75. The van der Waals surface area contributed by atoms with Crippen LogP contribution in [-0.2, 0) is 18.3 Å². The number of benzene rings is 3. The van der Waals surface area contributed by atoms with Crippen LogP contribution in [0.5, 0.6) is 0 Å². The topological polar surface area (TPSA) is 3.88 Å². The van der Waals surface area contributed by atoms with Gasteiger partial charge in [0.05, 0.1) is 5.56 Å². The normalized spacial score (nSPS) is 12.8. The molecule has 0 saturated heterocycles. The van der Waals surface area contributed by atoms with Crippen LogP contribution in [0.15, 0.2) is 84.9 Å². The summed E-state index contributed by atoms with van der Waals surface area (Å²) in [6, 6.07) is 30.4. The number of nitrogens with zero attached hydrogens (tertiary/aromatic N) is 1. The van der Waals surface area contributed by atoms with Gasteiger partial charge in [-0.05, 0) is 47.7 Å². The Hall–Kier alpha value is -3.12. The fraction of sp³-hybridized carbons (Fsp3) is 0.207. The van der Waals surface area contributed by atoms with Crippen molar-refractivity contribution < 1.29 is 21.8 Å². The zero-order valence-electron chi connectivity index (χ0n) is 20.4. The Morgan fingerprint density at radius 1 is 0.750 bits per heavy atom. The van der Waals surface area contributed by atoms with E-state index in [1.54, 1.807) is 0 Å². The Labute approximate surface area is 214 Å². The molecule has 0 aliphatic heterocycles. The number of halogens is 5. The van der Waals surface area contributed by atoms with E-state index in [2.05, 4.69) is 98.1 Å². The first-order valence-electron chi connectivity index (χ1n) is 11.8. The Bertz CT molecular complexity index is 1360. The van der Waals surface area contributed by atoms with Crippen molar-refractivity contribution in [3.05, 3.63) is 107 Å². The lowest BCUT2D eigenvalue weighted by Gasteiger charge is -2.26. The molecule has 4 aromatic rings. The van der Waals surface area contributed by atoms with Crippen molar-refractivity contribution in [3.63, 3.8) is 0 Å². The van der Waals surface area contributed by atoms with E-state index < -0.39 is 7.25 Å². The molecular formula is C29H27BClF4N. The average molecular weight is 512 g/mol. The maximum atomic E-state index is 9.75. The number of hydrogen-bond donors (Lipinski definition) is 0. The SMILES string of the molecule is CC(C)(C)c1cc(-c2ccccc2)c2c([n+]1-c1ccc(Cl)cc1)-c1ccccc1CC2.F[B-](F)(F)F. The highest BCUT2D eigenvalue weighted by Gasteiger charge is 2.36. The molecule has 1 aromatic heterocycles. The molecule has 186 valence electrons. The van der Waals surface area contributed by atoms with Crippen LogP contribution in [0, 0.1) is 0 Å². The lowest BCUT2D eigenvalue weighted by atomic mass is 9.81. The van der Waals surface area contributed by atoms with Crippen molar-refractivity contribution in [2.45, 2.75) is 39.0 Å².